The number of piperidine rings is 1. The summed E-state index contributed by atoms with van der Waals surface area (Å²) in [5.74, 6) is 0.692. The van der Waals surface area contributed by atoms with Gasteiger partial charge in [-0.05, 0) is 68.4 Å². The van der Waals surface area contributed by atoms with E-state index in [4.69, 9.17) is 4.74 Å². The maximum absolute atomic E-state index is 13.2. The van der Waals surface area contributed by atoms with Crippen LogP contribution in [0.15, 0.2) is 54.6 Å². The molecule has 2 aromatic rings. The highest BCUT2D eigenvalue weighted by Crippen LogP contribution is 2.28. The number of likely N-dealkylation sites (tertiary alicyclic amines) is 1. The van der Waals surface area contributed by atoms with E-state index in [0.717, 1.165) is 37.0 Å². The third-order valence-electron chi connectivity index (χ3n) is 5.76. The van der Waals surface area contributed by atoms with E-state index >= 15 is 0 Å². The molecule has 1 unspecified atom stereocenters. The van der Waals surface area contributed by atoms with Crippen LogP contribution < -0.4 is 10.1 Å². The van der Waals surface area contributed by atoms with Crippen molar-refractivity contribution >= 4 is 17.5 Å². The number of carbonyl (C=O) groups excluding carboxylic acids is 2. The number of anilines is 1. The number of rotatable bonds is 6. The van der Waals surface area contributed by atoms with E-state index in [1.54, 1.807) is 4.90 Å². The van der Waals surface area contributed by atoms with Crippen LogP contribution in [0.2, 0.25) is 0 Å². The molecule has 1 saturated heterocycles. The Hall–Kier alpha value is -2.82. The lowest BCUT2D eigenvalue weighted by atomic mass is 10.0. The van der Waals surface area contributed by atoms with Crippen molar-refractivity contribution in [3.8, 4) is 5.75 Å². The minimum absolute atomic E-state index is 0.0422. The van der Waals surface area contributed by atoms with Crippen LogP contribution in [-0.2, 0) is 9.59 Å². The molecule has 5 nitrogen and oxygen atoms in total. The van der Waals surface area contributed by atoms with Crippen molar-refractivity contribution < 1.29 is 14.3 Å². The van der Waals surface area contributed by atoms with E-state index in [1.165, 1.54) is 12.8 Å². The molecule has 152 valence electrons. The van der Waals surface area contributed by atoms with Gasteiger partial charge >= 0.3 is 0 Å². The molecule has 29 heavy (non-hydrogen) atoms. The lowest BCUT2D eigenvalue weighted by molar-refractivity contribution is -0.141. The van der Waals surface area contributed by atoms with Gasteiger partial charge in [0.15, 0.2) is 0 Å². The van der Waals surface area contributed by atoms with Crippen molar-refractivity contribution in [1.82, 2.24) is 4.90 Å². The van der Waals surface area contributed by atoms with Gasteiger partial charge in [-0.25, -0.2) is 0 Å². The molecule has 2 aliphatic rings. The van der Waals surface area contributed by atoms with E-state index < -0.39 is 6.04 Å². The number of nitrogens with one attached hydrogen (secondary N) is 1. The van der Waals surface area contributed by atoms with Crippen molar-refractivity contribution in [1.29, 1.82) is 0 Å². The molecule has 0 aromatic heterocycles. The van der Waals surface area contributed by atoms with Gasteiger partial charge in [-0.15, -0.1) is 0 Å². The predicted octanol–water partition coefficient (Wildman–Crippen LogP) is 4.70. The van der Waals surface area contributed by atoms with Crippen LogP contribution in [0.5, 0.6) is 5.75 Å². The van der Waals surface area contributed by atoms with Crippen LogP contribution in [0, 0.1) is 0 Å². The van der Waals surface area contributed by atoms with Gasteiger partial charge in [-0.3, -0.25) is 9.59 Å². The molecule has 0 radical (unpaired) electrons. The fourth-order valence-electron chi connectivity index (χ4n) is 4.23. The van der Waals surface area contributed by atoms with Gasteiger partial charge in [-0.2, -0.15) is 0 Å². The fraction of sp³-hybridized carbons (Fsp3) is 0.417. The maximum Gasteiger partial charge on any atom is 0.251 e. The Labute approximate surface area is 172 Å². The molecular weight excluding hydrogens is 364 g/mol. The largest absolute Gasteiger partial charge is 0.490 e. The average molecular weight is 392 g/mol. The second-order valence-electron chi connectivity index (χ2n) is 7.90. The minimum Gasteiger partial charge on any atom is -0.490 e. The molecule has 2 fully saturated rings. The first-order valence-electron chi connectivity index (χ1n) is 10.6. The Kier molecular flexibility index (Phi) is 6.13. The van der Waals surface area contributed by atoms with E-state index in [0.29, 0.717) is 24.8 Å². The molecule has 1 heterocycles. The summed E-state index contributed by atoms with van der Waals surface area (Å²) in [6.07, 6.45) is 7.31. The summed E-state index contributed by atoms with van der Waals surface area (Å²) in [7, 11) is 0. The van der Waals surface area contributed by atoms with E-state index in [9.17, 15) is 9.59 Å². The predicted molar refractivity (Wildman–Crippen MR) is 113 cm³/mol. The maximum atomic E-state index is 13.2. The Bertz CT molecular complexity index is 829. The second kappa shape index (κ2) is 9.12. The Morgan fingerprint density at radius 1 is 0.966 bits per heavy atom. The third kappa shape index (κ3) is 4.78. The monoisotopic (exact) mass is 392 g/mol. The zero-order chi connectivity index (χ0) is 20.1. The molecule has 1 atom stereocenters. The minimum atomic E-state index is -0.613. The molecule has 1 saturated carbocycles. The first-order valence-corrected chi connectivity index (χ1v) is 10.6. The molecule has 4 rings (SSSR count). The van der Waals surface area contributed by atoms with Gasteiger partial charge in [0.25, 0.3) is 5.91 Å². The first kappa shape index (κ1) is 19.5. The molecule has 1 aliphatic heterocycles. The van der Waals surface area contributed by atoms with Gasteiger partial charge < -0.3 is 15.0 Å². The molecule has 1 N–H and O–H groups in total. The standard InChI is InChI=1S/C24H28N2O3/c27-22-12-6-7-17-26(22)23(18-8-2-1-3-9-18)24(28)25-19-13-15-21(16-14-19)29-20-10-4-5-11-20/h1-3,8-9,13-16,20,23H,4-7,10-12,17H2,(H,25,28). The van der Waals surface area contributed by atoms with Gasteiger partial charge in [0.1, 0.15) is 11.8 Å². The summed E-state index contributed by atoms with van der Waals surface area (Å²) in [5, 5.41) is 2.99. The van der Waals surface area contributed by atoms with Gasteiger partial charge in [0, 0.05) is 18.7 Å². The topological polar surface area (TPSA) is 58.6 Å². The van der Waals surface area contributed by atoms with Gasteiger partial charge in [0.2, 0.25) is 5.91 Å². The lowest BCUT2D eigenvalue weighted by Crippen LogP contribution is -2.43. The summed E-state index contributed by atoms with van der Waals surface area (Å²) in [6.45, 7) is 0.611. The molecule has 0 bridgehead atoms. The van der Waals surface area contributed by atoms with Crippen molar-refractivity contribution in [2.75, 3.05) is 11.9 Å². The van der Waals surface area contributed by atoms with Crippen molar-refractivity contribution in [3.63, 3.8) is 0 Å². The fourth-order valence-corrected chi connectivity index (χ4v) is 4.23. The second-order valence-corrected chi connectivity index (χ2v) is 7.90. The van der Waals surface area contributed by atoms with Crippen LogP contribution in [0.25, 0.3) is 0 Å². The number of carbonyl (C=O) groups is 2. The van der Waals surface area contributed by atoms with E-state index in [-0.39, 0.29) is 11.8 Å². The summed E-state index contributed by atoms with van der Waals surface area (Å²) < 4.78 is 6.00. The van der Waals surface area contributed by atoms with Crippen LogP contribution in [0.4, 0.5) is 5.69 Å². The van der Waals surface area contributed by atoms with Crippen molar-refractivity contribution in [2.24, 2.45) is 0 Å². The number of ether oxygens (including phenoxy) is 1. The highest BCUT2D eigenvalue weighted by Gasteiger charge is 2.32. The van der Waals surface area contributed by atoms with Crippen LogP contribution in [-0.4, -0.2) is 29.4 Å². The number of nitrogens with zero attached hydrogens (tertiary/aromatic N) is 1. The Balaban J connectivity index is 1.48. The highest BCUT2D eigenvalue weighted by atomic mass is 16.5. The lowest BCUT2D eigenvalue weighted by Gasteiger charge is -2.34. The SMILES string of the molecule is O=C(Nc1ccc(OC2CCCC2)cc1)C(c1ccccc1)N1CCCCC1=O. The summed E-state index contributed by atoms with van der Waals surface area (Å²) in [4.78, 5) is 27.4. The highest BCUT2D eigenvalue weighted by molar-refractivity contribution is 5.98. The Morgan fingerprint density at radius 2 is 1.69 bits per heavy atom. The molecule has 2 amide bonds. The number of amides is 2. The summed E-state index contributed by atoms with van der Waals surface area (Å²) in [6, 6.07) is 16.4. The van der Waals surface area contributed by atoms with Crippen molar-refractivity contribution in [2.45, 2.75) is 57.1 Å². The number of hydrogen-bond donors (Lipinski definition) is 1. The van der Waals surface area contributed by atoms with Gasteiger partial charge in [-0.1, -0.05) is 30.3 Å². The molecule has 1 aliphatic carbocycles. The number of hydrogen-bond acceptors (Lipinski definition) is 3. The normalized spacial score (nSPS) is 18.5. The quantitative estimate of drug-likeness (QED) is 0.775. The summed E-state index contributed by atoms with van der Waals surface area (Å²) >= 11 is 0. The average Bonchev–Trinajstić information content (AvgIpc) is 3.25. The van der Waals surface area contributed by atoms with E-state index in [1.807, 2.05) is 54.6 Å². The summed E-state index contributed by atoms with van der Waals surface area (Å²) in [5.41, 5.74) is 1.54. The van der Waals surface area contributed by atoms with Crippen molar-refractivity contribution in [3.05, 3.63) is 60.2 Å². The first-order chi connectivity index (χ1) is 14.2. The zero-order valence-corrected chi connectivity index (χ0v) is 16.7. The molecule has 2 aromatic carbocycles. The Morgan fingerprint density at radius 3 is 2.38 bits per heavy atom. The number of benzene rings is 2. The third-order valence-corrected chi connectivity index (χ3v) is 5.76. The smallest absolute Gasteiger partial charge is 0.251 e. The zero-order valence-electron chi connectivity index (χ0n) is 16.7. The molecular formula is C24H28N2O3. The van der Waals surface area contributed by atoms with E-state index in [2.05, 4.69) is 5.32 Å². The van der Waals surface area contributed by atoms with Crippen LogP contribution in [0.1, 0.15) is 56.6 Å². The molecule has 5 heteroatoms. The van der Waals surface area contributed by atoms with Gasteiger partial charge in [0.05, 0.1) is 6.10 Å². The van der Waals surface area contributed by atoms with Crippen LogP contribution >= 0.6 is 0 Å². The molecule has 0 spiro atoms. The van der Waals surface area contributed by atoms with Crippen LogP contribution in [0.3, 0.4) is 0 Å².